The lowest BCUT2D eigenvalue weighted by Crippen LogP contribution is -2.34. The van der Waals surface area contributed by atoms with E-state index in [0.29, 0.717) is 37.5 Å². The molecule has 1 aliphatic carbocycles. The van der Waals surface area contributed by atoms with Gasteiger partial charge in [0.05, 0.1) is 6.42 Å². The van der Waals surface area contributed by atoms with Crippen molar-refractivity contribution in [2.75, 3.05) is 0 Å². The second-order valence-corrected chi connectivity index (χ2v) is 9.90. The van der Waals surface area contributed by atoms with Crippen LogP contribution in [0.25, 0.3) is 43.1 Å². The summed E-state index contributed by atoms with van der Waals surface area (Å²) in [5, 5.41) is 8.72. The Morgan fingerprint density at radius 2 is 1.06 bits per heavy atom. The topological polar surface area (TPSA) is 80.3 Å². The van der Waals surface area contributed by atoms with Gasteiger partial charge in [0.15, 0.2) is 11.6 Å². The number of carbonyl (C=O) groups excluding carboxylic acids is 4. The zero-order chi connectivity index (χ0) is 22.0. The average molecular weight is 547 g/mol. The molecule has 32 heavy (non-hydrogen) atoms. The molecule has 152 valence electrons. The third kappa shape index (κ3) is 1.99. The molecule has 0 bridgehead atoms. The minimum absolute atomic E-state index is 0.132. The van der Waals surface area contributed by atoms with Crippen LogP contribution in [-0.4, -0.2) is 23.4 Å². The summed E-state index contributed by atoms with van der Waals surface area (Å²) in [7, 11) is 0. The number of halogens is 2. The van der Waals surface area contributed by atoms with E-state index >= 15 is 0 Å². The molecule has 7 rings (SSSR count). The number of nitrogens with one attached hydrogen (secondary N) is 1. The van der Waals surface area contributed by atoms with Gasteiger partial charge in [0, 0.05) is 63.5 Å². The van der Waals surface area contributed by atoms with Gasteiger partial charge >= 0.3 is 0 Å². The van der Waals surface area contributed by atoms with Gasteiger partial charge in [-0.1, -0.05) is 50.1 Å². The minimum atomic E-state index is -0.432. The first-order valence-electron chi connectivity index (χ1n) is 9.88. The van der Waals surface area contributed by atoms with Crippen LogP contribution in [0.2, 0.25) is 0 Å². The summed E-state index contributed by atoms with van der Waals surface area (Å²) >= 11 is 7.31. The molecule has 1 aliphatic heterocycles. The van der Waals surface area contributed by atoms with E-state index in [0.717, 1.165) is 36.8 Å². The molecule has 0 saturated heterocycles. The number of rotatable bonds is 0. The van der Waals surface area contributed by atoms with Gasteiger partial charge in [-0.25, -0.2) is 0 Å². The maximum Gasteiger partial charge on any atom is 0.258 e. The summed E-state index contributed by atoms with van der Waals surface area (Å²) in [6, 6.07) is 10.8. The summed E-state index contributed by atoms with van der Waals surface area (Å²) in [6.45, 7) is 0. The SMILES string of the molecule is O=C1CC(=O)c2cc(Br)c3c4ccc5c6c(cc(Br)c(c7ccc1c2c73)c64)C(=O)NC5=O. The Hall–Kier alpha value is -3.16. The monoisotopic (exact) mass is 545 g/mol. The van der Waals surface area contributed by atoms with Gasteiger partial charge in [-0.05, 0) is 29.0 Å². The smallest absolute Gasteiger partial charge is 0.258 e. The first-order valence-corrected chi connectivity index (χ1v) is 11.5. The number of fused-ring (bicyclic) bond motifs is 2. The van der Waals surface area contributed by atoms with E-state index < -0.39 is 11.8 Å². The normalized spacial score (nSPS) is 15.6. The molecule has 0 spiro atoms. The molecule has 5 aromatic carbocycles. The highest BCUT2D eigenvalue weighted by atomic mass is 79.9. The van der Waals surface area contributed by atoms with Gasteiger partial charge in [-0.2, -0.15) is 0 Å². The van der Waals surface area contributed by atoms with Gasteiger partial charge < -0.3 is 0 Å². The number of ketones is 2. The molecule has 0 fully saturated rings. The van der Waals surface area contributed by atoms with Gasteiger partial charge in [-0.3, -0.25) is 24.5 Å². The lowest BCUT2D eigenvalue weighted by atomic mass is 9.80. The van der Waals surface area contributed by atoms with E-state index in [-0.39, 0.29) is 18.0 Å². The number of imide groups is 1. The first-order chi connectivity index (χ1) is 15.4. The van der Waals surface area contributed by atoms with Crippen molar-refractivity contribution >= 4 is 98.3 Å². The van der Waals surface area contributed by atoms with Crippen LogP contribution in [0.1, 0.15) is 47.9 Å². The molecule has 0 unspecified atom stereocenters. The predicted molar refractivity (Wildman–Crippen MR) is 128 cm³/mol. The molecule has 1 N–H and O–H groups in total. The highest BCUT2D eigenvalue weighted by Crippen LogP contribution is 2.49. The van der Waals surface area contributed by atoms with Gasteiger partial charge in [-0.15, -0.1) is 0 Å². The molecule has 5 aromatic rings. The van der Waals surface area contributed by atoms with Crippen molar-refractivity contribution in [3.05, 3.63) is 67.6 Å². The Kier molecular flexibility index (Phi) is 3.33. The fourth-order valence-electron chi connectivity index (χ4n) is 5.40. The molecule has 7 heteroatoms. The lowest BCUT2D eigenvalue weighted by molar-refractivity contribution is 0.0839. The van der Waals surface area contributed by atoms with Crippen LogP contribution in [-0.2, 0) is 0 Å². The van der Waals surface area contributed by atoms with Crippen LogP contribution in [0.3, 0.4) is 0 Å². The van der Waals surface area contributed by atoms with Crippen molar-refractivity contribution in [1.29, 1.82) is 0 Å². The zero-order valence-corrected chi connectivity index (χ0v) is 19.2. The summed E-state index contributed by atoms with van der Waals surface area (Å²) < 4.78 is 1.44. The fourth-order valence-corrected chi connectivity index (χ4v) is 6.68. The number of carbonyl (C=O) groups is 4. The molecular weight excluding hydrogens is 538 g/mol. The fraction of sp³-hybridized carbons (Fsp3) is 0.0400. The molecule has 2 aliphatic rings. The molecule has 0 radical (unpaired) electrons. The quantitative estimate of drug-likeness (QED) is 0.113. The lowest BCUT2D eigenvalue weighted by Gasteiger charge is -2.24. The van der Waals surface area contributed by atoms with E-state index in [9.17, 15) is 19.2 Å². The molecule has 0 atom stereocenters. The van der Waals surface area contributed by atoms with Crippen molar-refractivity contribution < 1.29 is 19.2 Å². The Labute approximate surface area is 196 Å². The Bertz CT molecular complexity index is 1690. The number of hydrogen-bond acceptors (Lipinski definition) is 4. The van der Waals surface area contributed by atoms with Gasteiger partial charge in [0.25, 0.3) is 11.8 Å². The maximum atomic E-state index is 12.7. The predicted octanol–water partition coefficient (Wildman–Crippen LogP) is 5.91. The van der Waals surface area contributed by atoms with Crippen molar-refractivity contribution in [3.63, 3.8) is 0 Å². The number of Topliss-reactive ketones (excluding diaryl/α,β-unsaturated/α-hetero) is 2. The van der Waals surface area contributed by atoms with Crippen LogP contribution < -0.4 is 5.32 Å². The summed E-state index contributed by atoms with van der Waals surface area (Å²) in [5.41, 5.74) is 1.96. The third-order valence-electron chi connectivity index (χ3n) is 6.65. The molecule has 0 saturated carbocycles. The van der Waals surface area contributed by atoms with Crippen molar-refractivity contribution in [2.45, 2.75) is 6.42 Å². The Morgan fingerprint density at radius 1 is 0.562 bits per heavy atom. The van der Waals surface area contributed by atoms with E-state index in [1.165, 1.54) is 0 Å². The Morgan fingerprint density at radius 3 is 1.72 bits per heavy atom. The third-order valence-corrected chi connectivity index (χ3v) is 7.90. The zero-order valence-electron chi connectivity index (χ0n) is 16.1. The summed E-state index contributed by atoms with van der Waals surface area (Å²) in [6.07, 6.45) is -0.132. The van der Waals surface area contributed by atoms with Gasteiger partial charge in [0.1, 0.15) is 0 Å². The van der Waals surface area contributed by atoms with E-state index in [4.69, 9.17) is 0 Å². The van der Waals surface area contributed by atoms with Gasteiger partial charge in [0.2, 0.25) is 0 Å². The van der Waals surface area contributed by atoms with Crippen molar-refractivity contribution in [2.24, 2.45) is 0 Å². The van der Waals surface area contributed by atoms with E-state index in [2.05, 4.69) is 37.2 Å². The number of hydrogen-bond donors (Lipinski definition) is 1. The van der Waals surface area contributed by atoms with Crippen molar-refractivity contribution in [3.8, 4) is 0 Å². The van der Waals surface area contributed by atoms with Crippen LogP contribution in [0.5, 0.6) is 0 Å². The standard InChI is InChI=1S/C25H9Br2NO4/c26-14-5-12-17(30)7-16(29)8-1-2-9-21-15(27)6-13-19-11(24(31)28-25(13)32)4-3-10(23(19)21)20(14)22(9)18(8)12/h1-6H,7H2,(H,28,31,32). The molecule has 0 aromatic heterocycles. The van der Waals surface area contributed by atoms with Crippen LogP contribution in [0.4, 0.5) is 0 Å². The molecular formula is C25H9Br2NO4. The molecule has 2 amide bonds. The Balaban J connectivity index is 1.88. The summed E-state index contributed by atoms with van der Waals surface area (Å²) in [5.74, 6) is -1.23. The summed E-state index contributed by atoms with van der Waals surface area (Å²) in [4.78, 5) is 50.6. The first kappa shape index (κ1) is 18.4. The second kappa shape index (κ2) is 5.79. The van der Waals surface area contributed by atoms with Crippen molar-refractivity contribution in [1.82, 2.24) is 5.32 Å². The number of benzene rings is 5. The van der Waals surface area contributed by atoms with Crippen LogP contribution in [0, 0.1) is 0 Å². The highest BCUT2D eigenvalue weighted by molar-refractivity contribution is 9.11. The molecule has 1 heterocycles. The largest absolute Gasteiger partial charge is 0.294 e. The van der Waals surface area contributed by atoms with Crippen LogP contribution in [0.15, 0.2) is 45.3 Å². The second-order valence-electron chi connectivity index (χ2n) is 8.19. The maximum absolute atomic E-state index is 12.7. The average Bonchev–Trinajstić information content (AvgIpc) is 2.76. The van der Waals surface area contributed by atoms with E-state index in [1.54, 1.807) is 24.3 Å². The number of amides is 2. The van der Waals surface area contributed by atoms with Crippen LogP contribution >= 0.6 is 31.9 Å². The van der Waals surface area contributed by atoms with E-state index in [1.807, 2.05) is 12.1 Å². The highest BCUT2D eigenvalue weighted by Gasteiger charge is 2.32. The minimum Gasteiger partial charge on any atom is -0.294 e. The molecule has 5 nitrogen and oxygen atoms in total.